The van der Waals surface area contributed by atoms with Gasteiger partial charge in [-0.3, -0.25) is 0 Å². The van der Waals surface area contributed by atoms with Crippen LogP contribution < -0.4 is 4.74 Å². The van der Waals surface area contributed by atoms with Gasteiger partial charge in [0.1, 0.15) is 18.4 Å². The summed E-state index contributed by atoms with van der Waals surface area (Å²) in [5.41, 5.74) is 1.10. The smallest absolute Gasteiger partial charge is 0.344 e. The Kier molecular flexibility index (Phi) is 5.19. The molecule has 0 aliphatic carbocycles. The van der Waals surface area contributed by atoms with Crippen LogP contribution in [0.25, 0.3) is 0 Å². The fourth-order valence-electron chi connectivity index (χ4n) is 1.64. The molecule has 2 rings (SSSR count). The highest BCUT2D eigenvalue weighted by molar-refractivity contribution is 6.31. The second kappa shape index (κ2) is 7.32. The van der Waals surface area contributed by atoms with Gasteiger partial charge in [-0.1, -0.05) is 41.9 Å². The lowest BCUT2D eigenvalue weighted by atomic mass is 10.2. The first-order chi connectivity index (χ1) is 10.2. The summed E-state index contributed by atoms with van der Waals surface area (Å²) in [7, 11) is 0. The fourth-order valence-corrected chi connectivity index (χ4v) is 1.83. The number of carbonyl (C=O) groups is 1. The first-order valence-electron chi connectivity index (χ1n) is 6.21. The van der Waals surface area contributed by atoms with E-state index < -0.39 is 5.97 Å². The summed E-state index contributed by atoms with van der Waals surface area (Å²) in [6.07, 6.45) is 0. The number of hydrogen-bond donors (Lipinski definition) is 0. The minimum Gasteiger partial charge on any atom is -0.481 e. The van der Waals surface area contributed by atoms with Gasteiger partial charge >= 0.3 is 5.97 Å². The number of halogens is 1. The number of nitrogens with zero attached hydrogens (tertiary/aromatic N) is 1. The van der Waals surface area contributed by atoms with Crippen molar-refractivity contribution >= 4 is 17.6 Å². The SMILES string of the molecule is N#Cc1ccccc1OCC(=O)OCc1ccccc1Cl. The van der Waals surface area contributed by atoms with E-state index in [9.17, 15) is 4.79 Å². The molecule has 0 saturated carbocycles. The molecule has 0 spiro atoms. The molecular formula is C16H12ClNO3. The zero-order valence-corrected chi connectivity index (χ0v) is 11.8. The molecule has 0 fully saturated rings. The fraction of sp³-hybridized carbons (Fsp3) is 0.125. The first-order valence-corrected chi connectivity index (χ1v) is 6.59. The van der Waals surface area contributed by atoms with Gasteiger partial charge in [0.25, 0.3) is 0 Å². The van der Waals surface area contributed by atoms with Crippen LogP contribution in [0.15, 0.2) is 48.5 Å². The van der Waals surface area contributed by atoms with Crippen LogP contribution in [0.5, 0.6) is 5.75 Å². The monoisotopic (exact) mass is 301 g/mol. The summed E-state index contributed by atoms with van der Waals surface area (Å²) in [5, 5.41) is 9.45. The summed E-state index contributed by atoms with van der Waals surface area (Å²) in [6, 6.07) is 15.8. The van der Waals surface area contributed by atoms with Crippen LogP contribution >= 0.6 is 11.6 Å². The van der Waals surface area contributed by atoms with Crippen LogP contribution in [0, 0.1) is 11.3 Å². The molecule has 0 aliphatic heterocycles. The molecular weight excluding hydrogens is 290 g/mol. The summed E-state index contributed by atoms with van der Waals surface area (Å²) < 4.78 is 10.4. The standard InChI is InChI=1S/C16H12ClNO3/c17-14-7-3-1-6-13(14)10-21-16(19)11-20-15-8-4-2-5-12(15)9-18/h1-8H,10-11H2. The maximum atomic E-state index is 11.6. The average molecular weight is 302 g/mol. The lowest BCUT2D eigenvalue weighted by molar-refractivity contribution is -0.147. The molecule has 0 bridgehead atoms. The van der Waals surface area contributed by atoms with E-state index in [0.29, 0.717) is 16.3 Å². The van der Waals surface area contributed by atoms with Crippen LogP contribution in [0.3, 0.4) is 0 Å². The van der Waals surface area contributed by atoms with Gasteiger partial charge < -0.3 is 9.47 Å². The van der Waals surface area contributed by atoms with Gasteiger partial charge in [-0.2, -0.15) is 5.26 Å². The molecule has 0 radical (unpaired) electrons. The van der Waals surface area contributed by atoms with Crippen LogP contribution in [0.4, 0.5) is 0 Å². The molecule has 0 N–H and O–H groups in total. The number of esters is 1. The van der Waals surface area contributed by atoms with Gasteiger partial charge in [0, 0.05) is 10.6 Å². The molecule has 106 valence electrons. The second-order valence-corrected chi connectivity index (χ2v) is 4.56. The lowest BCUT2D eigenvalue weighted by Crippen LogP contribution is -2.15. The summed E-state index contributed by atoms with van der Waals surface area (Å²) in [6.45, 7) is -0.176. The van der Waals surface area contributed by atoms with Crippen molar-refractivity contribution in [2.24, 2.45) is 0 Å². The van der Waals surface area contributed by atoms with Crippen molar-refractivity contribution in [3.8, 4) is 11.8 Å². The average Bonchev–Trinajstić information content (AvgIpc) is 2.52. The summed E-state index contributed by atoms with van der Waals surface area (Å²) >= 11 is 5.96. The quantitative estimate of drug-likeness (QED) is 0.795. The number of carbonyl (C=O) groups excluding carboxylic acids is 1. The molecule has 2 aromatic carbocycles. The Morgan fingerprint density at radius 3 is 2.62 bits per heavy atom. The Bertz CT molecular complexity index is 679. The number of hydrogen-bond acceptors (Lipinski definition) is 4. The molecule has 0 atom stereocenters. The third-order valence-electron chi connectivity index (χ3n) is 2.70. The molecule has 5 heteroatoms. The topological polar surface area (TPSA) is 59.3 Å². The van der Waals surface area contributed by atoms with Crippen molar-refractivity contribution < 1.29 is 14.3 Å². The Balaban J connectivity index is 1.86. The zero-order chi connectivity index (χ0) is 15.1. The van der Waals surface area contributed by atoms with E-state index in [-0.39, 0.29) is 13.2 Å². The summed E-state index contributed by atoms with van der Waals surface area (Å²) in [4.78, 5) is 11.6. The van der Waals surface area contributed by atoms with Gasteiger partial charge in [-0.05, 0) is 18.2 Å². The van der Waals surface area contributed by atoms with Gasteiger partial charge in [-0.25, -0.2) is 4.79 Å². The predicted octanol–water partition coefficient (Wildman–Crippen LogP) is 3.33. The minimum atomic E-state index is -0.525. The predicted molar refractivity (Wildman–Crippen MR) is 77.9 cm³/mol. The summed E-state index contributed by atoms with van der Waals surface area (Å²) in [5.74, 6) is -0.169. The van der Waals surface area contributed by atoms with Crippen LogP contribution in [0.1, 0.15) is 11.1 Å². The van der Waals surface area contributed by atoms with E-state index >= 15 is 0 Å². The Hall–Kier alpha value is -2.51. The lowest BCUT2D eigenvalue weighted by Gasteiger charge is -2.08. The largest absolute Gasteiger partial charge is 0.481 e. The van der Waals surface area contributed by atoms with Crippen molar-refractivity contribution in [3.05, 3.63) is 64.7 Å². The van der Waals surface area contributed by atoms with E-state index in [4.69, 9.17) is 26.3 Å². The van der Waals surface area contributed by atoms with E-state index in [1.165, 1.54) is 0 Å². The number of para-hydroxylation sites is 1. The molecule has 0 unspecified atom stereocenters. The molecule has 0 amide bonds. The van der Waals surface area contributed by atoms with Crippen molar-refractivity contribution in [1.29, 1.82) is 5.26 Å². The van der Waals surface area contributed by atoms with Gasteiger partial charge in [0.05, 0.1) is 5.56 Å². The Labute approximate surface area is 127 Å². The highest BCUT2D eigenvalue weighted by Gasteiger charge is 2.08. The van der Waals surface area contributed by atoms with E-state index in [1.54, 1.807) is 42.5 Å². The first kappa shape index (κ1) is 14.9. The highest BCUT2D eigenvalue weighted by atomic mass is 35.5. The Morgan fingerprint density at radius 2 is 1.86 bits per heavy atom. The molecule has 21 heavy (non-hydrogen) atoms. The maximum Gasteiger partial charge on any atom is 0.344 e. The number of ether oxygens (including phenoxy) is 2. The van der Waals surface area contributed by atoms with Crippen LogP contribution in [-0.4, -0.2) is 12.6 Å². The molecule has 0 aromatic heterocycles. The van der Waals surface area contributed by atoms with Gasteiger partial charge in [0.15, 0.2) is 6.61 Å². The molecule has 2 aromatic rings. The highest BCUT2D eigenvalue weighted by Crippen LogP contribution is 2.17. The molecule has 0 saturated heterocycles. The van der Waals surface area contributed by atoms with E-state index in [2.05, 4.69) is 0 Å². The normalized spacial score (nSPS) is 9.71. The second-order valence-electron chi connectivity index (χ2n) is 4.15. The van der Waals surface area contributed by atoms with Crippen LogP contribution in [0.2, 0.25) is 5.02 Å². The van der Waals surface area contributed by atoms with Crippen molar-refractivity contribution in [2.75, 3.05) is 6.61 Å². The molecule has 0 aliphatic rings. The zero-order valence-electron chi connectivity index (χ0n) is 11.1. The van der Waals surface area contributed by atoms with Crippen LogP contribution in [-0.2, 0) is 16.1 Å². The number of benzene rings is 2. The number of rotatable bonds is 5. The number of nitriles is 1. The van der Waals surface area contributed by atoms with Crippen molar-refractivity contribution in [3.63, 3.8) is 0 Å². The van der Waals surface area contributed by atoms with Crippen molar-refractivity contribution in [1.82, 2.24) is 0 Å². The Morgan fingerprint density at radius 1 is 1.14 bits per heavy atom. The molecule has 4 nitrogen and oxygen atoms in total. The minimum absolute atomic E-state index is 0.0851. The molecule has 0 heterocycles. The van der Waals surface area contributed by atoms with Crippen molar-refractivity contribution in [2.45, 2.75) is 6.61 Å². The third-order valence-corrected chi connectivity index (χ3v) is 3.07. The maximum absolute atomic E-state index is 11.6. The van der Waals surface area contributed by atoms with E-state index in [1.807, 2.05) is 12.1 Å². The van der Waals surface area contributed by atoms with E-state index in [0.717, 1.165) is 5.56 Å². The third kappa shape index (κ3) is 4.23. The van der Waals surface area contributed by atoms with Gasteiger partial charge in [0.2, 0.25) is 0 Å². The van der Waals surface area contributed by atoms with Gasteiger partial charge in [-0.15, -0.1) is 0 Å².